The fourth-order valence-corrected chi connectivity index (χ4v) is 1.42. The smallest absolute Gasteiger partial charge is 0.409 e. The molecular weight excluding hydrogens is 231 g/mol. The lowest BCUT2D eigenvalue weighted by Gasteiger charge is -2.16. The Balaban J connectivity index is 3.54. The largest absolute Gasteiger partial charge is 0.441 e. The summed E-state index contributed by atoms with van der Waals surface area (Å²) in [7, 11) is 1.68. The van der Waals surface area contributed by atoms with Gasteiger partial charge in [0.25, 0.3) is 0 Å². The van der Waals surface area contributed by atoms with Crippen LogP contribution in [-0.4, -0.2) is 47.3 Å². The summed E-state index contributed by atoms with van der Waals surface area (Å²) in [5.74, 6) is 0.0567. The van der Waals surface area contributed by atoms with Crippen molar-refractivity contribution in [2.75, 3.05) is 25.9 Å². The molecule has 0 aromatic heterocycles. The maximum atomic E-state index is 11.7. The van der Waals surface area contributed by atoms with Gasteiger partial charge in [-0.15, -0.1) is 0 Å². The topological polar surface area (TPSA) is 61.8 Å². The van der Waals surface area contributed by atoms with Crippen LogP contribution < -0.4 is 5.73 Å². The Labute approximate surface area is 90.3 Å². The third-order valence-corrected chi connectivity index (χ3v) is 2.33. The molecule has 8 heteroatoms. The van der Waals surface area contributed by atoms with Crippen molar-refractivity contribution in [2.24, 2.45) is 10.9 Å². The molecule has 0 atom stereocenters. The van der Waals surface area contributed by atoms with Gasteiger partial charge in [0.2, 0.25) is 0 Å². The van der Waals surface area contributed by atoms with Gasteiger partial charge in [0.1, 0.15) is 5.84 Å². The molecule has 0 saturated heterocycles. The number of alkyl halides is 3. The molecule has 0 amide bonds. The molecular formula is C7H14F3N3OS. The molecule has 0 aromatic rings. The highest BCUT2D eigenvalue weighted by atomic mass is 32.2. The molecule has 0 rings (SSSR count). The lowest BCUT2D eigenvalue weighted by atomic mass is 10.4. The van der Waals surface area contributed by atoms with Crippen molar-refractivity contribution < 1.29 is 18.4 Å². The van der Waals surface area contributed by atoms with Crippen molar-refractivity contribution in [3.05, 3.63) is 0 Å². The summed E-state index contributed by atoms with van der Waals surface area (Å²) in [6.45, 7) is 0.775. The van der Waals surface area contributed by atoms with Gasteiger partial charge in [-0.1, -0.05) is 5.16 Å². The van der Waals surface area contributed by atoms with E-state index in [9.17, 15) is 13.2 Å². The van der Waals surface area contributed by atoms with E-state index < -0.39 is 5.51 Å². The molecule has 0 aliphatic rings. The van der Waals surface area contributed by atoms with Gasteiger partial charge >= 0.3 is 5.51 Å². The van der Waals surface area contributed by atoms with Gasteiger partial charge in [-0.25, -0.2) is 0 Å². The number of amidine groups is 1. The van der Waals surface area contributed by atoms with Crippen LogP contribution in [0.1, 0.15) is 6.42 Å². The zero-order chi connectivity index (χ0) is 11.9. The zero-order valence-electron chi connectivity index (χ0n) is 8.29. The van der Waals surface area contributed by atoms with E-state index in [1.807, 2.05) is 0 Å². The second kappa shape index (κ2) is 6.78. The molecule has 15 heavy (non-hydrogen) atoms. The molecule has 0 saturated carbocycles. The van der Waals surface area contributed by atoms with Crippen LogP contribution >= 0.6 is 11.8 Å². The van der Waals surface area contributed by atoms with Gasteiger partial charge < -0.3 is 15.8 Å². The zero-order valence-corrected chi connectivity index (χ0v) is 9.11. The average Bonchev–Trinajstić information content (AvgIpc) is 2.12. The number of oxime groups is 1. The van der Waals surface area contributed by atoms with Crippen LogP contribution in [0.4, 0.5) is 13.2 Å². The minimum atomic E-state index is -4.17. The van der Waals surface area contributed by atoms with Gasteiger partial charge in [-0.05, 0) is 18.8 Å². The maximum Gasteiger partial charge on any atom is 0.441 e. The van der Waals surface area contributed by atoms with Crippen molar-refractivity contribution in [1.82, 2.24) is 4.90 Å². The van der Waals surface area contributed by atoms with Gasteiger partial charge in [-0.2, -0.15) is 13.2 Å². The quantitative estimate of drug-likeness (QED) is 0.320. The predicted octanol–water partition coefficient (Wildman–Crippen LogP) is 1.31. The van der Waals surface area contributed by atoms with Crippen molar-refractivity contribution in [3.63, 3.8) is 0 Å². The fourth-order valence-electron chi connectivity index (χ4n) is 0.784. The van der Waals surface area contributed by atoms with Gasteiger partial charge in [-0.3, -0.25) is 0 Å². The summed E-state index contributed by atoms with van der Waals surface area (Å²) in [5.41, 5.74) is 1.03. The summed E-state index contributed by atoms with van der Waals surface area (Å²) in [6.07, 6.45) is 0.337. The molecule has 4 nitrogen and oxygen atoms in total. The van der Waals surface area contributed by atoms with E-state index in [0.717, 1.165) is 0 Å². The van der Waals surface area contributed by atoms with Gasteiger partial charge in [0.15, 0.2) is 0 Å². The molecule has 0 aliphatic heterocycles. The van der Waals surface area contributed by atoms with Crippen LogP contribution in [0.15, 0.2) is 5.16 Å². The van der Waals surface area contributed by atoms with Crippen LogP contribution in [0.3, 0.4) is 0 Å². The second-order valence-electron chi connectivity index (χ2n) is 2.94. The number of halogens is 3. The number of hydrogen-bond donors (Lipinski definition) is 2. The van der Waals surface area contributed by atoms with Crippen molar-refractivity contribution in [1.29, 1.82) is 0 Å². The van der Waals surface area contributed by atoms with E-state index in [4.69, 9.17) is 10.9 Å². The SMILES string of the molecule is CN(CCSC(F)(F)F)CCC(N)=NO. The van der Waals surface area contributed by atoms with E-state index in [1.54, 1.807) is 11.9 Å². The highest BCUT2D eigenvalue weighted by molar-refractivity contribution is 8.00. The number of rotatable bonds is 6. The van der Waals surface area contributed by atoms with E-state index in [1.165, 1.54) is 0 Å². The molecule has 3 N–H and O–H groups in total. The normalized spacial score (nSPS) is 13.5. The Hall–Kier alpha value is -0.630. The summed E-state index contributed by atoms with van der Waals surface area (Å²) < 4.78 is 35.2. The predicted molar refractivity (Wildman–Crippen MR) is 54.0 cm³/mol. The molecule has 0 fully saturated rings. The first-order valence-electron chi connectivity index (χ1n) is 4.21. The molecule has 0 heterocycles. The molecule has 0 bridgehead atoms. The molecule has 90 valence electrons. The Kier molecular flexibility index (Phi) is 6.50. The van der Waals surface area contributed by atoms with Crippen molar-refractivity contribution in [2.45, 2.75) is 11.9 Å². The Bertz CT molecular complexity index is 210. The van der Waals surface area contributed by atoms with Crippen LogP contribution in [0.25, 0.3) is 0 Å². The molecule has 0 aromatic carbocycles. The van der Waals surface area contributed by atoms with Crippen LogP contribution in [0.5, 0.6) is 0 Å². The monoisotopic (exact) mass is 245 g/mol. The Morgan fingerprint density at radius 2 is 2.07 bits per heavy atom. The van der Waals surface area contributed by atoms with Crippen LogP contribution in [0.2, 0.25) is 0 Å². The maximum absolute atomic E-state index is 11.7. The van der Waals surface area contributed by atoms with Crippen molar-refractivity contribution >= 4 is 17.6 Å². The van der Waals surface area contributed by atoms with E-state index in [-0.39, 0.29) is 23.4 Å². The second-order valence-corrected chi connectivity index (χ2v) is 4.10. The molecule has 0 aliphatic carbocycles. The number of thioether (sulfide) groups is 1. The molecule has 0 unspecified atom stereocenters. The van der Waals surface area contributed by atoms with Crippen molar-refractivity contribution in [3.8, 4) is 0 Å². The fraction of sp³-hybridized carbons (Fsp3) is 0.857. The summed E-state index contributed by atoms with van der Waals surface area (Å²) in [4.78, 5) is 1.69. The Morgan fingerprint density at radius 3 is 2.53 bits per heavy atom. The highest BCUT2D eigenvalue weighted by Crippen LogP contribution is 2.29. The number of nitrogens with two attached hydrogens (primary N) is 1. The lowest BCUT2D eigenvalue weighted by molar-refractivity contribution is -0.0328. The summed E-state index contributed by atoms with van der Waals surface area (Å²) >= 11 is -0.0506. The van der Waals surface area contributed by atoms with E-state index in [2.05, 4.69) is 5.16 Å². The van der Waals surface area contributed by atoms with Gasteiger partial charge in [0, 0.05) is 25.3 Å². The third kappa shape index (κ3) is 9.67. The Morgan fingerprint density at radius 1 is 1.47 bits per heavy atom. The first kappa shape index (κ1) is 14.4. The number of hydrogen-bond acceptors (Lipinski definition) is 4. The van der Waals surface area contributed by atoms with Crippen LogP contribution in [0, 0.1) is 0 Å². The minimum Gasteiger partial charge on any atom is -0.409 e. The lowest BCUT2D eigenvalue weighted by Crippen LogP contribution is -2.27. The third-order valence-electron chi connectivity index (χ3n) is 1.62. The highest BCUT2D eigenvalue weighted by Gasteiger charge is 2.27. The van der Waals surface area contributed by atoms with Gasteiger partial charge in [0.05, 0.1) is 0 Å². The van der Waals surface area contributed by atoms with E-state index in [0.29, 0.717) is 19.5 Å². The standard InChI is InChI=1S/C7H14F3N3OS/c1-13(3-2-6(11)12-14)4-5-15-7(8,9)10/h14H,2-5H2,1H3,(H2,11,12). The molecule has 0 radical (unpaired) electrons. The number of nitrogens with zero attached hydrogens (tertiary/aromatic N) is 2. The summed E-state index contributed by atoms with van der Waals surface area (Å²) in [5, 5.41) is 11.0. The van der Waals surface area contributed by atoms with E-state index >= 15 is 0 Å². The first-order valence-corrected chi connectivity index (χ1v) is 5.19. The molecule has 0 spiro atoms. The first-order chi connectivity index (χ1) is 6.85. The van der Waals surface area contributed by atoms with Crippen LogP contribution in [-0.2, 0) is 0 Å². The average molecular weight is 245 g/mol. The summed E-state index contributed by atoms with van der Waals surface area (Å²) in [6, 6.07) is 0. The minimum absolute atomic E-state index is 0.0177.